The third-order valence-corrected chi connectivity index (χ3v) is 5.02. The van der Waals surface area contributed by atoms with Crippen molar-refractivity contribution in [2.45, 2.75) is 19.9 Å². The number of hydrogen-bond donors (Lipinski definition) is 1. The van der Waals surface area contributed by atoms with Crippen molar-refractivity contribution in [3.63, 3.8) is 0 Å². The molecule has 0 fully saturated rings. The van der Waals surface area contributed by atoms with E-state index in [9.17, 15) is 8.42 Å². The lowest BCUT2D eigenvalue weighted by Gasteiger charge is -2.18. The van der Waals surface area contributed by atoms with Gasteiger partial charge in [0.2, 0.25) is 0 Å². The first-order valence-corrected chi connectivity index (χ1v) is 8.41. The van der Waals surface area contributed by atoms with Crippen LogP contribution in [0.5, 0.6) is 11.5 Å². The summed E-state index contributed by atoms with van der Waals surface area (Å²) in [5, 5.41) is 3.53. The molecule has 0 aliphatic rings. The van der Waals surface area contributed by atoms with E-state index in [0.29, 0.717) is 22.2 Å². The lowest BCUT2D eigenvalue weighted by molar-refractivity contribution is 0.355. The second-order valence-electron chi connectivity index (χ2n) is 4.43. The summed E-state index contributed by atoms with van der Waals surface area (Å²) >= 11 is 6.14. The number of rotatable bonds is 7. The van der Waals surface area contributed by atoms with Crippen LogP contribution < -0.4 is 14.8 Å². The molecule has 1 aromatic rings. The highest BCUT2D eigenvalue weighted by Gasteiger charge is 2.16. The normalized spacial score (nSPS) is 12.8. The smallest absolute Gasteiger partial charge is 0.162 e. The molecule has 0 saturated heterocycles. The topological polar surface area (TPSA) is 64.6 Å². The molecule has 0 aliphatic heterocycles. The van der Waals surface area contributed by atoms with Gasteiger partial charge >= 0.3 is 0 Å². The van der Waals surface area contributed by atoms with Crippen LogP contribution in [-0.4, -0.2) is 40.2 Å². The first kappa shape index (κ1) is 16.9. The number of ether oxygens (including phenoxy) is 2. The zero-order valence-electron chi connectivity index (χ0n) is 12.1. The van der Waals surface area contributed by atoms with Gasteiger partial charge in [0.25, 0.3) is 0 Å². The Labute approximate surface area is 125 Å². The number of hydrogen-bond acceptors (Lipinski definition) is 5. The van der Waals surface area contributed by atoms with Gasteiger partial charge in [0, 0.05) is 23.9 Å². The molecule has 0 radical (unpaired) electrons. The van der Waals surface area contributed by atoms with Crippen molar-refractivity contribution in [3.05, 3.63) is 17.2 Å². The third kappa shape index (κ3) is 4.45. The van der Waals surface area contributed by atoms with Gasteiger partial charge in [0.1, 0.15) is 0 Å². The van der Waals surface area contributed by atoms with Gasteiger partial charge in [-0.15, -0.1) is 0 Å². The zero-order chi connectivity index (χ0) is 15.3. The fourth-order valence-corrected chi connectivity index (χ4v) is 3.06. The van der Waals surface area contributed by atoms with E-state index in [1.807, 2.05) is 0 Å². The van der Waals surface area contributed by atoms with Gasteiger partial charge in [-0.3, -0.25) is 0 Å². The van der Waals surface area contributed by atoms with E-state index >= 15 is 0 Å². The summed E-state index contributed by atoms with van der Waals surface area (Å²) < 4.78 is 33.5. The Balaban J connectivity index is 2.92. The molecule has 0 saturated carbocycles. The van der Waals surface area contributed by atoms with E-state index in [1.54, 1.807) is 26.0 Å². The maximum absolute atomic E-state index is 11.6. The Morgan fingerprint density at radius 1 is 1.25 bits per heavy atom. The van der Waals surface area contributed by atoms with Crippen molar-refractivity contribution in [2.24, 2.45) is 0 Å². The monoisotopic (exact) mass is 321 g/mol. The highest BCUT2D eigenvalue weighted by atomic mass is 35.5. The lowest BCUT2D eigenvalue weighted by atomic mass is 10.2. The van der Waals surface area contributed by atoms with Gasteiger partial charge in [-0.05, 0) is 6.92 Å². The predicted molar refractivity (Wildman–Crippen MR) is 82.0 cm³/mol. The Morgan fingerprint density at radius 3 is 2.30 bits per heavy atom. The molecular weight excluding hydrogens is 302 g/mol. The Kier molecular flexibility index (Phi) is 5.95. The van der Waals surface area contributed by atoms with E-state index in [2.05, 4.69) is 5.32 Å². The van der Waals surface area contributed by atoms with E-state index in [4.69, 9.17) is 21.1 Å². The third-order valence-electron chi connectivity index (χ3n) is 2.82. The molecule has 1 atom stereocenters. The largest absolute Gasteiger partial charge is 0.493 e. The zero-order valence-corrected chi connectivity index (χ0v) is 13.6. The molecule has 114 valence electrons. The van der Waals surface area contributed by atoms with Gasteiger partial charge < -0.3 is 14.8 Å². The number of methoxy groups -OCH3 is 2. The van der Waals surface area contributed by atoms with E-state index in [1.165, 1.54) is 14.2 Å². The number of anilines is 1. The van der Waals surface area contributed by atoms with Crippen molar-refractivity contribution in [1.29, 1.82) is 0 Å². The van der Waals surface area contributed by atoms with Gasteiger partial charge in [-0.25, -0.2) is 8.42 Å². The molecule has 0 spiro atoms. The number of benzene rings is 1. The van der Waals surface area contributed by atoms with Crippen LogP contribution in [0.3, 0.4) is 0 Å². The summed E-state index contributed by atoms with van der Waals surface area (Å²) in [6, 6.07) is 3.07. The van der Waals surface area contributed by atoms with Crippen LogP contribution in [0.25, 0.3) is 0 Å². The molecule has 1 rings (SSSR count). The molecule has 0 bridgehead atoms. The minimum Gasteiger partial charge on any atom is -0.493 e. The molecule has 1 N–H and O–H groups in total. The van der Waals surface area contributed by atoms with Crippen molar-refractivity contribution in [1.82, 2.24) is 0 Å². The number of sulfone groups is 1. The average molecular weight is 322 g/mol. The van der Waals surface area contributed by atoms with Crippen LogP contribution in [0.15, 0.2) is 12.1 Å². The fourth-order valence-electron chi connectivity index (χ4n) is 1.77. The maximum Gasteiger partial charge on any atom is 0.162 e. The van der Waals surface area contributed by atoms with Crippen molar-refractivity contribution >= 4 is 27.1 Å². The van der Waals surface area contributed by atoms with Crippen molar-refractivity contribution < 1.29 is 17.9 Å². The van der Waals surface area contributed by atoms with Crippen LogP contribution in [0.1, 0.15) is 13.8 Å². The second-order valence-corrected chi connectivity index (χ2v) is 7.24. The number of halogens is 1. The molecular formula is C13H20ClNO4S. The van der Waals surface area contributed by atoms with E-state index < -0.39 is 9.84 Å². The maximum atomic E-state index is 11.6. The van der Waals surface area contributed by atoms with Crippen LogP contribution in [0.4, 0.5) is 5.69 Å². The molecule has 1 unspecified atom stereocenters. The summed E-state index contributed by atoms with van der Waals surface area (Å²) in [7, 11) is 0.0121. The summed E-state index contributed by atoms with van der Waals surface area (Å²) in [5.74, 6) is 1.23. The summed E-state index contributed by atoms with van der Waals surface area (Å²) in [6.45, 7) is 3.42. The van der Waals surface area contributed by atoms with Gasteiger partial charge in [0.05, 0.1) is 30.7 Å². The minimum absolute atomic E-state index is 0.0498. The molecule has 0 aliphatic carbocycles. The van der Waals surface area contributed by atoms with Gasteiger partial charge in [0.15, 0.2) is 21.3 Å². The van der Waals surface area contributed by atoms with Crippen LogP contribution in [0, 0.1) is 0 Å². The number of nitrogens with one attached hydrogen (secondary N) is 1. The molecule has 0 amide bonds. The van der Waals surface area contributed by atoms with Crippen LogP contribution in [-0.2, 0) is 9.84 Å². The van der Waals surface area contributed by atoms with Crippen LogP contribution >= 0.6 is 11.6 Å². The van der Waals surface area contributed by atoms with E-state index in [0.717, 1.165) is 0 Å². The van der Waals surface area contributed by atoms with Gasteiger partial charge in [-0.2, -0.15) is 0 Å². The summed E-state index contributed by atoms with van der Waals surface area (Å²) in [5.41, 5.74) is 0.614. The Bertz CT molecular complexity index is 560. The van der Waals surface area contributed by atoms with E-state index in [-0.39, 0.29) is 17.5 Å². The summed E-state index contributed by atoms with van der Waals surface area (Å²) in [4.78, 5) is 0. The summed E-state index contributed by atoms with van der Waals surface area (Å²) in [6.07, 6.45) is 0. The van der Waals surface area contributed by atoms with Crippen molar-refractivity contribution in [2.75, 3.05) is 31.0 Å². The predicted octanol–water partition coefficient (Wildman–Crippen LogP) is 2.59. The molecule has 20 heavy (non-hydrogen) atoms. The van der Waals surface area contributed by atoms with Crippen LogP contribution in [0.2, 0.25) is 5.02 Å². The first-order valence-electron chi connectivity index (χ1n) is 6.21. The Hall–Kier alpha value is -1.14. The second kappa shape index (κ2) is 7.04. The fraction of sp³-hybridized carbons (Fsp3) is 0.538. The molecule has 5 nitrogen and oxygen atoms in total. The lowest BCUT2D eigenvalue weighted by Crippen LogP contribution is -2.26. The SMILES string of the molecule is CCS(=O)(=O)CC(C)Nc1cc(OC)c(OC)cc1Cl. The quantitative estimate of drug-likeness (QED) is 0.836. The molecule has 1 aromatic carbocycles. The first-order chi connectivity index (χ1) is 9.32. The molecule has 0 aromatic heterocycles. The highest BCUT2D eigenvalue weighted by molar-refractivity contribution is 7.91. The Morgan fingerprint density at radius 2 is 1.80 bits per heavy atom. The molecule has 7 heteroatoms. The van der Waals surface area contributed by atoms with Gasteiger partial charge in [-0.1, -0.05) is 18.5 Å². The average Bonchev–Trinajstić information content (AvgIpc) is 2.39. The molecule has 0 heterocycles. The standard InChI is InChI=1S/C13H20ClNO4S/c1-5-20(16,17)8-9(2)15-11-7-13(19-4)12(18-3)6-10(11)14/h6-7,9,15H,5,8H2,1-4H3. The minimum atomic E-state index is -3.04. The van der Waals surface area contributed by atoms with Crippen molar-refractivity contribution in [3.8, 4) is 11.5 Å². The highest BCUT2D eigenvalue weighted by Crippen LogP contribution is 2.36.